The molecule has 0 bridgehead atoms. The first kappa shape index (κ1) is 37.6. The van der Waals surface area contributed by atoms with Crippen LogP contribution in [0.25, 0.3) is 32.7 Å². The summed E-state index contributed by atoms with van der Waals surface area (Å²) < 4.78 is 13.0. The van der Waals surface area contributed by atoms with Crippen LogP contribution in [-0.4, -0.2) is 25.0 Å². The van der Waals surface area contributed by atoms with Crippen LogP contribution in [0.5, 0.6) is 0 Å². The zero-order valence-corrected chi connectivity index (χ0v) is 35.1. The van der Waals surface area contributed by atoms with Gasteiger partial charge < -0.3 is 9.47 Å². The second-order valence-corrected chi connectivity index (χ2v) is 21.0. The molecule has 2 aliphatic heterocycles. The second kappa shape index (κ2) is 15.5. The molecule has 6 aromatic rings. The number of aliphatic imine (C=N–C) groups is 2. The molecule has 0 saturated heterocycles. The van der Waals surface area contributed by atoms with Gasteiger partial charge in [0.05, 0.1) is 0 Å². The molecule has 0 aromatic heterocycles. The van der Waals surface area contributed by atoms with Crippen molar-refractivity contribution in [1.82, 2.24) is 0 Å². The molecule has 2 aliphatic rings. The van der Waals surface area contributed by atoms with E-state index in [1.54, 1.807) is 0 Å². The normalized spacial score (nSPS) is 17.2. The Morgan fingerprint density at radius 1 is 0.528 bits per heavy atom. The topological polar surface area (TPSA) is 43.2 Å². The van der Waals surface area contributed by atoms with Crippen LogP contribution in [0.3, 0.4) is 0 Å². The Balaban J connectivity index is 0.00000140. The molecule has 0 amide bonds. The van der Waals surface area contributed by atoms with Crippen molar-refractivity contribution in [2.75, 3.05) is 13.2 Å². The summed E-state index contributed by atoms with van der Waals surface area (Å²) in [5.74, 6) is 1.34. The molecule has 8 rings (SSSR count). The first-order chi connectivity index (χ1) is 25.5. The van der Waals surface area contributed by atoms with Gasteiger partial charge in [-0.05, 0) is 66.8 Å². The fourth-order valence-electron chi connectivity index (χ4n) is 7.22. The summed E-state index contributed by atoms with van der Waals surface area (Å²) >= 11 is 7.12. The number of hydrogen-bond donors (Lipinski definition) is 0. The molecule has 53 heavy (non-hydrogen) atoms. The molecule has 6 aromatic carbocycles. The van der Waals surface area contributed by atoms with E-state index in [1.807, 2.05) is 12.1 Å². The maximum absolute atomic E-state index is 6.50. The Labute approximate surface area is 333 Å². The number of halogens is 2. The molecule has 0 N–H and O–H groups in total. The predicted molar refractivity (Wildman–Crippen MR) is 225 cm³/mol. The number of hydrogen-bond acceptors (Lipinski definition) is 4. The van der Waals surface area contributed by atoms with E-state index in [0.717, 1.165) is 55.3 Å². The molecule has 4 nitrogen and oxygen atoms in total. The van der Waals surface area contributed by atoms with Gasteiger partial charge in [0.15, 0.2) is 0 Å². The number of rotatable bonds is 5. The fraction of sp³-hybridized carbons (Fsp3) is 0.261. The van der Waals surface area contributed by atoms with Crippen LogP contribution >= 0.6 is 28.3 Å². The van der Waals surface area contributed by atoms with Crippen molar-refractivity contribution in [3.8, 4) is 11.1 Å². The van der Waals surface area contributed by atoms with Crippen molar-refractivity contribution in [2.24, 2.45) is 9.98 Å². The van der Waals surface area contributed by atoms with E-state index < -0.39 is 0 Å². The molecule has 0 aliphatic carbocycles. The SMILES string of the molecule is CC(C)(C)c1ccc2c(-c3c(C4=NC(c5ccccc5)CO4)ccc4cc(C(C)(C)C)ccc34)c(C3=NC(c4ccccc4)CO3)ccc2c1.[Br][Co][Br]. The molecule has 0 spiro atoms. The summed E-state index contributed by atoms with van der Waals surface area (Å²) in [5, 5.41) is 4.66. The van der Waals surface area contributed by atoms with Crippen molar-refractivity contribution < 1.29 is 20.6 Å². The third-order valence-electron chi connectivity index (χ3n) is 10.2. The van der Waals surface area contributed by atoms with Gasteiger partial charge in [0, 0.05) is 22.3 Å². The van der Waals surface area contributed by atoms with Gasteiger partial charge in [-0.1, -0.05) is 151 Å². The van der Waals surface area contributed by atoms with E-state index in [0.29, 0.717) is 25.0 Å². The zero-order valence-electron chi connectivity index (χ0n) is 30.9. The van der Waals surface area contributed by atoms with Gasteiger partial charge in [-0.2, -0.15) is 0 Å². The van der Waals surface area contributed by atoms with E-state index in [-0.39, 0.29) is 22.9 Å². The Hall–Kier alpha value is -3.75. The van der Waals surface area contributed by atoms with Gasteiger partial charge >= 0.3 is 39.5 Å². The van der Waals surface area contributed by atoms with Crippen molar-refractivity contribution in [1.29, 1.82) is 0 Å². The van der Waals surface area contributed by atoms with Gasteiger partial charge in [0.1, 0.15) is 25.3 Å². The number of benzene rings is 6. The summed E-state index contributed by atoms with van der Waals surface area (Å²) in [6, 6.07) is 43.4. The van der Waals surface area contributed by atoms with Crippen molar-refractivity contribution >= 4 is 61.7 Å². The quantitative estimate of drug-likeness (QED) is 0.173. The number of ether oxygens (including phenoxy) is 2. The second-order valence-electron chi connectivity index (χ2n) is 15.7. The van der Waals surface area contributed by atoms with Gasteiger partial charge in [-0.25, -0.2) is 9.98 Å². The summed E-state index contributed by atoms with van der Waals surface area (Å²) in [4.78, 5) is 10.4. The monoisotopic (exact) mass is 873 g/mol. The molecule has 2 unspecified atom stereocenters. The van der Waals surface area contributed by atoms with Crippen molar-refractivity contribution in [3.63, 3.8) is 0 Å². The van der Waals surface area contributed by atoms with Crippen molar-refractivity contribution in [3.05, 3.63) is 155 Å². The van der Waals surface area contributed by atoms with Gasteiger partial charge in [-0.3, -0.25) is 0 Å². The Bertz CT molecular complexity index is 2160. The number of fused-ring (bicyclic) bond motifs is 2. The average Bonchev–Trinajstić information content (AvgIpc) is 3.85. The molecular formula is C46H44Br2CoN2O2. The molecule has 0 saturated carbocycles. The molecule has 0 fully saturated rings. The van der Waals surface area contributed by atoms with Crippen LogP contribution in [0.1, 0.15) is 87.0 Å². The molecule has 2 atom stereocenters. The zero-order chi connectivity index (χ0) is 37.3. The van der Waals surface area contributed by atoms with Crippen LogP contribution in [-0.2, 0) is 31.4 Å². The van der Waals surface area contributed by atoms with Crippen LogP contribution in [0.15, 0.2) is 131 Å². The van der Waals surface area contributed by atoms with E-state index in [1.165, 1.54) is 21.9 Å². The molecular weight excluding hydrogens is 831 g/mol. The summed E-state index contributed by atoms with van der Waals surface area (Å²) in [6.45, 7) is 14.6. The van der Waals surface area contributed by atoms with E-state index in [9.17, 15) is 0 Å². The third-order valence-corrected chi connectivity index (χ3v) is 10.2. The summed E-state index contributed by atoms with van der Waals surface area (Å²) in [6.07, 6.45) is 0. The summed E-state index contributed by atoms with van der Waals surface area (Å²) in [5.41, 5.74) is 9.07. The molecule has 7 heteroatoms. The predicted octanol–water partition coefficient (Wildman–Crippen LogP) is 13.0. The minimum atomic E-state index is -0.0616. The maximum atomic E-state index is 6.50. The minimum absolute atomic E-state index is 0.0153. The Morgan fingerprint density at radius 2 is 0.906 bits per heavy atom. The van der Waals surface area contributed by atoms with E-state index in [4.69, 9.17) is 19.5 Å². The van der Waals surface area contributed by atoms with Crippen LogP contribution in [0.2, 0.25) is 0 Å². The average molecular weight is 876 g/mol. The third kappa shape index (κ3) is 7.91. The fourth-order valence-corrected chi connectivity index (χ4v) is 7.22. The van der Waals surface area contributed by atoms with Gasteiger partial charge in [0.25, 0.3) is 0 Å². The van der Waals surface area contributed by atoms with Crippen LogP contribution < -0.4 is 0 Å². The Morgan fingerprint density at radius 3 is 1.26 bits per heavy atom. The van der Waals surface area contributed by atoms with Crippen molar-refractivity contribution in [2.45, 2.75) is 64.5 Å². The number of nitrogens with zero attached hydrogens (tertiary/aromatic N) is 2. The molecule has 2 heterocycles. The van der Waals surface area contributed by atoms with E-state index >= 15 is 0 Å². The molecule has 273 valence electrons. The van der Waals surface area contributed by atoms with Gasteiger partial charge in [-0.15, -0.1) is 0 Å². The Kier molecular flexibility index (Phi) is 11.0. The van der Waals surface area contributed by atoms with E-state index in [2.05, 4.69) is 179 Å². The van der Waals surface area contributed by atoms with Gasteiger partial charge in [0.2, 0.25) is 11.8 Å². The van der Waals surface area contributed by atoms with Crippen LogP contribution in [0, 0.1) is 0 Å². The summed E-state index contributed by atoms with van der Waals surface area (Å²) in [7, 11) is 0. The first-order valence-electron chi connectivity index (χ1n) is 18.0. The van der Waals surface area contributed by atoms with Crippen LogP contribution in [0.4, 0.5) is 0 Å². The first-order valence-corrected chi connectivity index (χ1v) is 23.1. The molecule has 0 radical (unpaired) electrons. The standard InChI is InChI=1S/C46H44N2O2.2BrH.Co/c1-45(2,3)33-19-23-35-31(25-33)17-21-37(43-47-39(27-49-43)29-13-9-7-10-14-29)41(35)42-36-24-20-34(46(4,5)6)26-32(36)18-22-38(42)44-48-40(28-50-44)30-15-11-8-12-16-30;;;/h7-26,39-40H,27-28H2,1-6H3;2*1H;/q;;;+2/p-2.